The Bertz CT molecular complexity index is 152. The van der Waals surface area contributed by atoms with Gasteiger partial charge in [-0.05, 0) is 18.6 Å². The lowest BCUT2D eigenvalue weighted by Gasteiger charge is -2.29. The number of aliphatic carboxylic acids is 1. The third-order valence-corrected chi connectivity index (χ3v) is 3.10. The maximum Gasteiger partial charge on any atom is 0.306 e. The van der Waals surface area contributed by atoms with Crippen molar-refractivity contribution in [3.05, 3.63) is 0 Å². The van der Waals surface area contributed by atoms with E-state index in [1.807, 2.05) is 0 Å². The average Bonchev–Trinajstić information content (AvgIpc) is 1.85. The predicted octanol–water partition coefficient (Wildman–Crippen LogP) is 0.719. The summed E-state index contributed by atoms with van der Waals surface area (Å²) >= 11 is 1.63. The van der Waals surface area contributed by atoms with Gasteiger partial charge in [0, 0.05) is 5.75 Å². The second-order valence-electron chi connectivity index (χ2n) is 2.95. The van der Waals surface area contributed by atoms with Gasteiger partial charge >= 0.3 is 5.97 Å². The number of carbonyl (C=O) groups is 1. The van der Waals surface area contributed by atoms with Crippen LogP contribution in [0.3, 0.4) is 0 Å². The smallest absolute Gasteiger partial charge is 0.306 e. The quantitative estimate of drug-likeness (QED) is 0.651. The van der Waals surface area contributed by atoms with Crippen molar-refractivity contribution in [3.63, 3.8) is 0 Å². The van der Waals surface area contributed by atoms with Gasteiger partial charge in [0.2, 0.25) is 0 Å². The molecule has 0 bridgehead atoms. The van der Waals surface area contributed by atoms with E-state index >= 15 is 0 Å². The molecule has 1 aliphatic heterocycles. The largest absolute Gasteiger partial charge is 0.481 e. The van der Waals surface area contributed by atoms with Crippen LogP contribution in [0.25, 0.3) is 0 Å². The molecule has 0 spiro atoms. The third kappa shape index (κ3) is 2.71. The van der Waals surface area contributed by atoms with Crippen LogP contribution in [0.5, 0.6) is 0 Å². The van der Waals surface area contributed by atoms with Crippen molar-refractivity contribution in [1.29, 1.82) is 0 Å². The number of hydrogen-bond acceptors (Lipinski definition) is 3. The zero-order chi connectivity index (χ0) is 8.32. The number of hydrogen-bond donors (Lipinski definition) is 2. The van der Waals surface area contributed by atoms with Crippen LogP contribution in [-0.4, -0.2) is 33.3 Å². The van der Waals surface area contributed by atoms with Crippen LogP contribution >= 0.6 is 11.8 Å². The molecule has 3 nitrogen and oxygen atoms in total. The summed E-state index contributed by atoms with van der Waals surface area (Å²) in [6, 6.07) is 0. The molecule has 1 aliphatic rings. The van der Waals surface area contributed by atoms with Crippen molar-refractivity contribution in [2.75, 3.05) is 11.5 Å². The fraction of sp³-hybridized carbons (Fsp3) is 0.857. The molecular formula is C7H12O3S. The van der Waals surface area contributed by atoms with Crippen LogP contribution < -0.4 is 0 Å². The highest BCUT2D eigenvalue weighted by atomic mass is 32.2. The molecule has 0 amide bonds. The summed E-state index contributed by atoms with van der Waals surface area (Å²) < 4.78 is 0. The summed E-state index contributed by atoms with van der Waals surface area (Å²) in [5.74, 6) is 0.705. The molecule has 4 heteroatoms. The molecule has 1 saturated heterocycles. The third-order valence-electron chi connectivity index (χ3n) is 1.78. The van der Waals surface area contributed by atoms with Crippen LogP contribution in [0.1, 0.15) is 19.3 Å². The Kier molecular flexibility index (Phi) is 2.78. The summed E-state index contributed by atoms with van der Waals surface area (Å²) in [7, 11) is 0. The maximum atomic E-state index is 10.3. The minimum Gasteiger partial charge on any atom is -0.481 e. The summed E-state index contributed by atoms with van der Waals surface area (Å²) in [5.41, 5.74) is -0.936. The molecule has 0 aromatic rings. The van der Waals surface area contributed by atoms with E-state index in [-0.39, 0.29) is 6.42 Å². The van der Waals surface area contributed by atoms with Gasteiger partial charge in [-0.1, -0.05) is 0 Å². The summed E-state index contributed by atoms with van der Waals surface area (Å²) in [5, 5.41) is 18.1. The van der Waals surface area contributed by atoms with E-state index in [2.05, 4.69) is 0 Å². The fourth-order valence-electron chi connectivity index (χ4n) is 1.26. The molecule has 1 rings (SSSR count). The molecule has 1 heterocycles. The summed E-state index contributed by atoms with van der Waals surface area (Å²) in [6.45, 7) is 0. The van der Waals surface area contributed by atoms with Crippen molar-refractivity contribution in [3.8, 4) is 0 Å². The van der Waals surface area contributed by atoms with Crippen LogP contribution in [0.4, 0.5) is 0 Å². The van der Waals surface area contributed by atoms with Gasteiger partial charge in [-0.3, -0.25) is 4.79 Å². The molecule has 0 aromatic carbocycles. The maximum absolute atomic E-state index is 10.3. The average molecular weight is 176 g/mol. The van der Waals surface area contributed by atoms with E-state index in [1.165, 1.54) is 0 Å². The first kappa shape index (κ1) is 8.87. The molecule has 64 valence electrons. The first-order valence-corrected chi connectivity index (χ1v) is 4.80. The predicted molar refractivity (Wildman–Crippen MR) is 43.8 cm³/mol. The van der Waals surface area contributed by atoms with E-state index in [0.717, 1.165) is 12.2 Å². The number of aliphatic hydroxyl groups is 1. The molecule has 0 aliphatic carbocycles. The molecule has 0 saturated carbocycles. The lowest BCUT2D eigenvalue weighted by Crippen LogP contribution is -2.37. The van der Waals surface area contributed by atoms with Gasteiger partial charge in [0.15, 0.2) is 0 Å². The monoisotopic (exact) mass is 176 g/mol. The fourth-order valence-corrected chi connectivity index (χ4v) is 2.38. The van der Waals surface area contributed by atoms with E-state index in [1.54, 1.807) is 11.8 Å². The lowest BCUT2D eigenvalue weighted by atomic mass is 9.96. The van der Waals surface area contributed by atoms with Crippen LogP contribution in [-0.2, 0) is 4.79 Å². The number of carboxylic acids is 1. The van der Waals surface area contributed by atoms with Gasteiger partial charge in [-0.2, -0.15) is 11.8 Å². The highest BCUT2D eigenvalue weighted by Gasteiger charge is 2.31. The van der Waals surface area contributed by atoms with Gasteiger partial charge in [0.1, 0.15) is 0 Å². The van der Waals surface area contributed by atoms with Crippen molar-refractivity contribution in [1.82, 2.24) is 0 Å². The first-order chi connectivity index (χ1) is 5.12. The Morgan fingerprint density at radius 2 is 2.36 bits per heavy atom. The highest BCUT2D eigenvalue weighted by Crippen LogP contribution is 2.29. The highest BCUT2D eigenvalue weighted by molar-refractivity contribution is 7.99. The van der Waals surface area contributed by atoms with E-state index in [9.17, 15) is 9.90 Å². The molecule has 1 atom stereocenters. The Balaban J connectivity index is 2.43. The molecular weight excluding hydrogens is 164 g/mol. The minimum atomic E-state index is -0.936. The van der Waals surface area contributed by atoms with Gasteiger partial charge in [-0.15, -0.1) is 0 Å². The van der Waals surface area contributed by atoms with Crippen LogP contribution in [0, 0.1) is 0 Å². The van der Waals surface area contributed by atoms with Gasteiger partial charge in [0.05, 0.1) is 12.0 Å². The molecule has 11 heavy (non-hydrogen) atoms. The van der Waals surface area contributed by atoms with Gasteiger partial charge in [-0.25, -0.2) is 0 Å². The summed E-state index contributed by atoms with van der Waals surface area (Å²) in [4.78, 5) is 10.3. The molecule has 0 radical (unpaired) electrons. The standard InChI is InChI=1S/C7H12O3S/c8-6(9)4-7(10)2-1-3-11-5-7/h10H,1-5H2,(H,8,9). The molecule has 1 unspecified atom stereocenters. The SMILES string of the molecule is O=C(O)CC1(O)CCCSC1. The number of thioether (sulfide) groups is 1. The van der Waals surface area contributed by atoms with Crippen LogP contribution in [0.2, 0.25) is 0 Å². The second-order valence-corrected chi connectivity index (χ2v) is 4.06. The Morgan fingerprint density at radius 1 is 1.64 bits per heavy atom. The Morgan fingerprint density at radius 3 is 2.82 bits per heavy atom. The minimum absolute atomic E-state index is 0.111. The van der Waals surface area contributed by atoms with Gasteiger partial charge < -0.3 is 10.2 Å². The van der Waals surface area contributed by atoms with Gasteiger partial charge in [0.25, 0.3) is 0 Å². The first-order valence-electron chi connectivity index (χ1n) is 3.64. The van der Waals surface area contributed by atoms with Crippen molar-refractivity contribution in [2.45, 2.75) is 24.9 Å². The van der Waals surface area contributed by atoms with Crippen LogP contribution in [0.15, 0.2) is 0 Å². The molecule has 1 fully saturated rings. The molecule has 2 N–H and O–H groups in total. The Hall–Kier alpha value is -0.220. The second kappa shape index (κ2) is 3.45. The van der Waals surface area contributed by atoms with Crippen molar-refractivity contribution < 1.29 is 15.0 Å². The van der Waals surface area contributed by atoms with E-state index < -0.39 is 11.6 Å². The van der Waals surface area contributed by atoms with E-state index in [4.69, 9.17) is 5.11 Å². The lowest BCUT2D eigenvalue weighted by molar-refractivity contribution is -0.142. The normalized spacial score (nSPS) is 31.7. The van der Waals surface area contributed by atoms with Crippen molar-refractivity contribution >= 4 is 17.7 Å². The zero-order valence-corrected chi connectivity index (χ0v) is 7.06. The Labute approximate surface area is 69.8 Å². The number of rotatable bonds is 2. The van der Waals surface area contributed by atoms with E-state index in [0.29, 0.717) is 12.2 Å². The van der Waals surface area contributed by atoms with Crippen molar-refractivity contribution in [2.24, 2.45) is 0 Å². The summed E-state index contributed by atoms with van der Waals surface area (Å²) in [6.07, 6.45) is 1.45. The zero-order valence-electron chi connectivity index (χ0n) is 6.25. The molecule has 0 aromatic heterocycles. The number of carboxylic acid groups (broad SMARTS) is 1. The topological polar surface area (TPSA) is 57.5 Å².